The second kappa shape index (κ2) is 15.7. The molecule has 1 aromatic heterocycles. The Morgan fingerprint density at radius 1 is 0.979 bits per heavy atom. The van der Waals surface area contributed by atoms with Crippen molar-refractivity contribution in [2.75, 3.05) is 41.5 Å². The van der Waals surface area contributed by atoms with Gasteiger partial charge in [-0.2, -0.15) is 10.2 Å². The Bertz CT molecular complexity index is 1710. The van der Waals surface area contributed by atoms with E-state index in [1.54, 1.807) is 39.3 Å². The molecule has 1 aliphatic heterocycles. The van der Waals surface area contributed by atoms with Gasteiger partial charge in [0.05, 0.1) is 46.3 Å². The molecule has 4 atom stereocenters. The zero-order chi connectivity index (χ0) is 34.1. The Morgan fingerprint density at radius 3 is 2.12 bits per heavy atom. The summed E-state index contributed by atoms with van der Waals surface area (Å²) in [6.07, 6.45) is -1.06. The van der Waals surface area contributed by atoms with Gasteiger partial charge < -0.3 is 33.7 Å². The van der Waals surface area contributed by atoms with Crippen LogP contribution in [0.1, 0.15) is 29.3 Å². The van der Waals surface area contributed by atoms with Gasteiger partial charge in [-0.3, -0.25) is 4.57 Å². The molecule has 1 aliphatic rings. The zero-order valence-corrected chi connectivity index (χ0v) is 27.3. The molecule has 0 aliphatic carbocycles. The first-order valence-corrected chi connectivity index (χ1v) is 15.4. The van der Waals surface area contributed by atoms with Crippen LogP contribution in [0.15, 0.2) is 101 Å². The molecule has 250 valence electrons. The standard InChI is InChI=1S/C36H39N5O7/c1-40(2)24-38-31-19-21-41(35(43)39-31)34-33(46-22-8-20-37)32(42)30(48-34)23-47-36(25-9-6-5-7-10-25,26-11-15-28(44-3)16-12-26)27-13-17-29(45-4)18-14-27/h5-7,9-19,21,24,30,32-34,42H,8,22-23H2,1-4H3/t30-,32-,33-,34-/m1/s1. The van der Waals surface area contributed by atoms with Gasteiger partial charge in [-0.1, -0.05) is 54.6 Å². The number of aliphatic hydroxyl groups excluding tert-OH is 1. The number of benzene rings is 3. The predicted molar refractivity (Wildman–Crippen MR) is 178 cm³/mol. The van der Waals surface area contributed by atoms with Crippen LogP contribution >= 0.6 is 0 Å². The van der Waals surface area contributed by atoms with E-state index in [9.17, 15) is 9.90 Å². The van der Waals surface area contributed by atoms with E-state index < -0.39 is 35.8 Å². The third-order valence-corrected chi connectivity index (χ3v) is 7.98. The summed E-state index contributed by atoms with van der Waals surface area (Å²) in [5, 5.41) is 20.7. The molecular formula is C36H39N5O7. The van der Waals surface area contributed by atoms with Crippen LogP contribution < -0.4 is 15.2 Å². The molecule has 0 bridgehead atoms. The topological polar surface area (TPSA) is 141 Å². The molecule has 0 saturated carbocycles. The van der Waals surface area contributed by atoms with Crippen molar-refractivity contribution in [3.05, 3.63) is 118 Å². The molecule has 48 heavy (non-hydrogen) atoms. The normalized spacial score (nSPS) is 19.2. The van der Waals surface area contributed by atoms with Crippen LogP contribution in [-0.4, -0.2) is 85.7 Å². The minimum atomic E-state index is -1.22. The highest BCUT2D eigenvalue weighted by Crippen LogP contribution is 2.43. The zero-order valence-electron chi connectivity index (χ0n) is 27.3. The first-order chi connectivity index (χ1) is 23.3. The molecule has 4 aromatic rings. The molecule has 12 heteroatoms. The molecule has 2 heterocycles. The molecule has 5 rings (SSSR count). The molecule has 0 radical (unpaired) electrons. The minimum absolute atomic E-state index is 0.0324. The van der Waals surface area contributed by atoms with Crippen molar-refractivity contribution in [1.29, 1.82) is 5.26 Å². The first-order valence-electron chi connectivity index (χ1n) is 15.4. The van der Waals surface area contributed by atoms with Gasteiger partial charge in [0, 0.05) is 20.3 Å². The third-order valence-electron chi connectivity index (χ3n) is 7.98. The van der Waals surface area contributed by atoms with Gasteiger partial charge in [0.25, 0.3) is 0 Å². The van der Waals surface area contributed by atoms with E-state index in [4.69, 9.17) is 28.9 Å². The smallest absolute Gasteiger partial charge is 0.351 e. The monoisotopic (exact) mass is 653 g/mol. The number of methoxy groups -OCH3 is 2. The predicted octanol–water partition coefficient (Wildman–Crippen LogP) is 4.05. The van der Waals surface area contributed by atoms with E-state index in [1.165, 1.54) is 17.1 Å². The van der Waals surface area contributed by atoms with Crippen molar-refractivity contribution >= 4 is 12.2 Å². The van der Waals surface area contributed by atoms with Gasteiger partial charge in [0.1, 0.15) is 35.4 Å². The number of nitrogens with zero attached hydrogens (tertiary/aromatic N) is 5. The average molecular weight is 654 g/mol. The highest BCUT2D eigenvalue weighted by atomic mass is 16.6. The third kappa shape index (κ3) is 7.40. The molecular weight excluding hydrogens is 614 g/mol. The molecule has 12 nitrogen and oxygen atoms in total. The maximum Gasteiger partial charge on any atom is 0.351 e. The number of aliphatic imine (C=N–C) groups is 1. The van der Waals surface area contributed by atoms with Crippen LogP contribution in [0.3, 0.4) is 0 Å². The fourth-order valence-electron chi connectivity index (χ4n) is 5.63. The fourth-order valence-corrected chi connectivity index (χ4v) is 5.63. The summed E-state index contributed by atoms with van der Waals surface area (Å²) < 4.78 is 31.4. The Balaban J connectivity index is 1.53. The summed E-state index contributed by atoms with van der Waals surface area (Å²) in [5.41, 5.74) is 0.647. The highest BCUT2D eigenvalue weighted by molar-refractivity contribution is 5.58. The van der Waals surface area contributed by atoms with Crippen LogP contribution in [0.4, 0.5) is 5.82 Å². The molecule has 0 spiro atoms. The van der Waals surface area contributed by atoms with Crippen molar-refractivity contribution in [1.82, 2.24) is 14.5 Å². The molecule has 0 amide bonds. The minimum Gasteiger partial charge on any atom is -0.497 e. The van der Waals surface area contributed by atoms with E-state index in [-0.39, 0.29) is 25.5 Å². The van der Waals surface area contributed by atoms with E-state index in [0.29, 0.717) is 11.5 Å². The van der Waals surface area contributed by atoms with Gasteiger partial charge in [-0.15, -0.1) is 0 Å². The molecule has 0 unspecified atom stereocenters. The average Bonchev–Trinajstić information content (AvgIpc) is 3.42. The molecule has 3 aromatic carbocycles. The lowest BCUT2D eigenvalue weighted by atomic mass is 9.80. The van der Waals surface area contributed by atoms with Gasteiger partial charge in [-0.25, -0.2) is 9.79 Å². The van der Waals surface area contributed by atoms with E-state index in [1.807, 2.05) is 84.9 Å². The van der Waals surface area contributed by atoms with Crippen molar-refractivity contribution in [3.8, 4) is 17.6 Å². The summed E-state index contributed by atoms with van der Waals surface area (Å²) in [5.74, 6) is 1.59. The summed E-state index contributed by atoms with van der Waals surface area (Å²) in [6, 6.07) is 28.5. The van der Waals surface area contributed by atoms with Crippen molar-refractivity contribution < 1.29 is 28.8 Å². The number of nitriles is 1. The maximum atomic E-state index is 13.2. The lowest BCUT2D eigenvalue weighted by molar-refractivity contribution is -0.0979. The van der Waals surface area contributed by atoms with Crippen LogP contribution in [0.2, 0.25) is 0 Å². The lowest BCUT2D eigenvalue weighted by Crippen LogP contribution is -2.40. The van der Waals surface area contributed by atoms with E-state index in [2.05, 4.69) is 9.98 Å². The number of aliphatic hydroxyl groups is 1. The Kier molecular flexibility index (Phi) is 11.2. The van der Waals surface area contributed by atoms with Crippen LogP contribution in [0.25, 0.3) is 0 Å². The molecule has 1 saturated heterocycles. The van der Waals surface area contributed by atoms with Gasteiger partial charge in [0.2, 0.25) is 0 Å². The maximum absolute atomic E-state index is 13.2. The van der Waals surface area contributed by atoms with Crippen molar-refractivity contribution in [3.63, 3.8) is 0 Å². The summed E-state index contributed by atoms with van der Waals surface area (Å²) in [6.45, 7) is -0.0686. The van der Waals surface area contributed by atoms with Gasteiger partial charge in [0.15, 0.2) is 12.0 Å². The van der Waals surface area contributed by atoms with Gasteiger partial charge >= 0.3 is 5.69 Å². The highest BCUT2D eigenvalue weighted by Gasteiger charge is 2.48. The molecule has 1 fully saturated rings. The lowest BCUT2D eigenvalue weighted by Gasteiger charge is -2.37. The Labute approximate surface area is 279 Å². The summed E-state index contributed by atoms with van der Waals surface area (Å²) in [7, 11) is 6.82. The number of rotatable bonds is 14. The second-order valence-corrected chi connectivity index (χ2v) is 11.3. The number of aromatic nitrogens is 2. The Morgan fingerprint density at radius 2 is 1.58 bits per heavy atom. The van der Waals surface area contributed by atoms with E-state index in [0.717, 1.165) is 16.7 Å². The second-order valence-electron chi connectivity index (χ2n) is 11.3. The molecule has 1 N–H and O–H groups in total. The number of hydrogen-bond acceptors (Lipinski definition) is 10. The quantitative estimate of drug-likeness (QED) is 0.0918. The number of ether oxygens (including phenoxy) is 5. The fraction of sp³-hybridized carbons (Fsp3) is 0.333. The summed E-state index contributed by atoms with van der Waals surface area (Å²) >= 11 is 0. The van der Waals surface area contributed by atoms with E-state index >= 15 is 0 Å². The van der Waals surface area contributed by atoms with Crippen LogP contribution in [0, 0.1) is 11.3 Å². The van der Waals surface area contributed by atoms with Crippen LogP contribution in [-0.2, 0) is 19.8 Å². The van der Waals surface area contributed by atoms with Crippen molar-refractivity contribution in [2.45, 2.75) is 36.6 Å². The van der Waals surface area contributed by atoms with Crippen LogP contribution in [0.5, 0.6) is 11.5 Å². The Hall–Kier alpha value is -5.06. The number of hydrogen-bond donors (Lipinski definition) is 1. The van der Waals surface area contributed by atoms with Gasteiger partial charge in [-0.05, 0) is 47.0 Å². The SMILES string of the molecule is COc1ccc(C(OC[C@H]2O[C@@H](n3ccc(N=CN(C)C)nc3=O)[C@H](OCCC#N)[C@@H]2O)(c2ccccc2)c2ccc(OC)cc2)cc1. The van der Waals surface area contributed by atoms with Crippen molar-refractivity contribution in [2.24, 2.45) is 4.99 Å². The largest absolute Gasteiger partial charge is 0.497 e. The first kappa shape index (κ1) is 34.3. The summed E-state index contributed by atoms with van der Waals surface area (Å²) in [4.78, 5) is 23.2.